The molecule has 0 spiro atoms. The summed E-state index contributed by atoms with van der Waals surface area (Å²) in [5.41, 5.74) is 0. The van der Waals surface area contributed by atoms with Gasteiger partial charge in [0.25, 0.3) is 0 Å². The largest absolute Gasteiger partial charge is 0.449 e. The maximum Gasteiger partial charge on any atom is 0.311 e. The van der Waals surface area contributed by atoms with Crippen molar-refractivity contribution < 1.29 is 9.53 Å². The normalized spacial score (nSPS) is 24.5. The highest BCUT2D eigenvalue weighted by atomic mass is 32.2. The van der Waals surface area contributed by atoms with Crippen molar-refractivity contribution in [2.75, 3.05) is 11.5 Å². The van der Waals surface area contributed by atoms with Gasteiger partial charge < -0.3 is 4.74 Å². The lowest BCUT2D eigenvalue weighted by atomic mass is 10.1. The molecule has 2 nitrogen and oxygen atoms in total. The van der Waals surface area contributed by atoms with Crippen LogP contribution in [0.1, 0.15) is 19.8 Å². The molecule has 0 N–H and O–H groups in total. The van der Waals surface area contributed by atoms with E-state index in [1.54, 1.807) is 6.92 Å². The molecule has 1 fully saturated rings. The molecule has 0 aromatic heterocycles. The van der Waals surface area contributed by atoms with Crippen molar-refractivity contribution in [2.24, 2.45) is 5.92 Å². The van der Waals surface area contributed by atoms with E-state index in [4.69, 9.17) is 11.2 Å². The molecule has 1 aliphatic heterocycles. The standard InChI is InChI=1S/C10H14O2S/c1-3-8(2)12-10(11)9-5-4-6-13-7-9/h1,8-9H,4-7H2,2H3. The number of ether oxygens (including phenoxy) is 1. The van der Waals surface area contributed by atoms with E-state index >= 15 is 0 Å². The van der Waals surface area contributed by atoms with Crippen molar-refractivity contribution in [3.63, 3.8) is 0 Å². The van der Waals surface area contributed by atoms with Crippen molar-refractivity contribution in [2.45, 2.75) is 25.9 Å². The van der Waals surface area contributed by atoms with E-state index in [-0.39, 0.29) is 18.0 Å². The van der Waals surface area contributed by atoms with E-state index in [0.717, 1.165) is 24.3 Å². The van der Waals surface area contributed by atoms with Gasteiger partial charge in [-0.05, 0) is 25.5 Å². The number of carbonyl (C=O) groups excluding carboxylic acids is 1. The van der Waals surface area contributed by atoms with Crippen LogP contribution in [0.2, 0.25) is 0 Å². The van der Waals surface area contributed by atoms with Crippen molar-refractivity contribution in [3.8, 4) is 12.3 Å². The van der Waals surface area contributed by atoms with Gasteiger partial charge in [0, 0.05) is 5.75 Å². The van der Waals surface area contributed by atoms with E-state index in [1.807, 2.05) is 11.8 Å². The summed E-state index contributed by atoms with van der Waals surface area (Å²) in [4.78, 5) is 11.4. The highest BCUT2D eigenvalue weighted by Crippen LogP contribution is 2.23. The number of esters is 1. The number of carbonyl (C=O) groups is 1. The molecule has 2 unspecified atom stereocenters. The fourth-order valence-electron chi connectivity index (χ4n) is 1.23. The van der Waals surface area contributed by atoms with Crippen molar-refractivity contribution >= 4 is 17.7 Å². The number of hydrogen-bond donors (Lipinski definition) is 0. The number of terminal acetylenes is 1. The van der Waals surface area contributed by atoms with Crippen LogP contribution in [0.5, 0.6) is 0 Å². The van der Waals surface area contributed by atoms with E-state index < -0.39 is 0 Å². The molecule has 13 heavy (non-hydrogen) atoms. The Kier molecular flexibility index (Phi) is 4.17. The molecule has 0 amide bonds. The van der Waals surface area contributed by atoms with Gasteiger partial charge in [0.05, 0.1) is 5.92 Å². The van der Waals surface area contributed by atoms with Crippen molar-refractivity contribution in [1.82, 2.24) is 0 Å². The van der Waals surface area contributed by atoms with Gasteiger partial charge in [-0.2, -0.15) is 11.8 Å². The minimum Gasteiger partial charge on any atom is -0.449 e. The second-order valence-electron chi connectivity index (χ2n) is 3.16. The lowest BCUT2D eigenvalue weighted by Crippen LogP contribution is -2.25. The Morgan fingerprint density at radius 2 is 2.54 bits per heavy atom. The van der Waals surface area contributed by atoms with Gasteiger partial charge in [0.1, 0.15) is 0 Å². The lowest BCUT2D eigenvalue weighted by Gasteiger charge is -2.20. The first kappa shape index (κ1) is 10.5. The summed E-state index contributed by atoms with van der Waals surface area (Å²) in [5, 5.41) is 0. The zero-order valence-electron chi connectivity index (χ0n) is 7.79. The molecular weight excluding hydrogens is 184 g/mol. The molecule has 2 atom stereocenters. The van der Waals surface area contributed by atoms with Crippen LogP contribution in [0, 0.1) is 18.3 Å². The number of rotatable bonds is 2. The van der Waals surface area contributed by atoms with Crippen LogP contribution in [0.25, 0.3) is 0 Å². The van der Waals surface area contributed by atoms with Crippen LogP contribution in [-0.2, 0) is 9.53 Å². The number of thioether (sulfide) groups is 1. The number of hydrogen-bond acceptors (Lipinski definition) is 3. The van der Waals surface area contributed by atoms with Crippen molar-refractivity contribution in [3.05, 3.63) is 0 Å². The van der Waals surface area contributed by atoms with E-state index in [1.165, 1.54) is 0 Å². The molecule has 0 aromatic carbocycles. The molecule has 1 heterocycles. The summed E-state index contributed by atoms with van der Waals surface area (Å²) in [5.74, 6) is 4.37. The average molecular weight is 198 g/mol. The molecule has 0 saturated carbocycles. The maximum atomic E-state index is 11.4. The van der Waals surface area contributed by atoms with Gasteiger partial charge >= 0.3 is 5.97 Å². The first-order chi connectivity index (χ1) is 6.24. The summed E-state index contributed by atoms with van der Waals surface area (Å²) in [7, 11) is 0. The topological polar surface area (TPSA) is 26.3 Å². The minimum absolute atomic E-state index is 0.0644. The van der Waals surface area contributed by atoms with E-state index in [9.17, 15) is 4.79 Å². The average Bonchev–Trinajstić information content (AvgIpc) is 2.19. The Morgan fingerprint density at radius 1 is 1.77 bits per heavy atom. The zero-order chi connectivity index (χ0) is 9.68. The quantitative estimate of drug-likeness (QED) is 0.499. The fraction of sp³-hybridized carbons (Fsp3) is 0.700. The SMILES string of the molecule is C#CC(C)OC(=O)C1CCCSC1. The van der Waals surface area contributed by atoms with Crippen LogP contribution in [0.4, 0.5) is 0 Å². The van der Waals surface area contributed by atoms with Gasteiger partial charge in [-0.25, -0.2) is 0 Å². The fourth-order valence-corrected chi connectivity index (χ4v) is 2.36. The summed E-state index contributed by atoms with van der Waals surface area (Å²) >= 11 is 1.81. The molecule has 3 heteroatoms. The monoisotopic (exact) mass is 198 g/mol. The summed E-state index contributed by atoms with van der Waals surface area (Å²) in [6, 6.07) is 0. The maximum absolute atomic E-state index is 11.4. The van der Waals surface area contributed by atoms with Crippen molar-refractivity contribution in [1.29, 1.82) is 0 Å². The van der Waals surface area contributed by atoms with Gasteiger partial charge in [0.15, 0.2) is 6.10 Å². The molecule has 0 bridgehead atoms. The third-order valence-electron chi connectivity index (χ3n) is 2.02. The Bertz CT molecular complexity index is 213. The van der Waals surface area contributed by atoms with Gasteiger partial charge in [-0.3, -0.25) is 4.79 Å². The Balaban J connectivity index is 2.34. The first-order valence-electron chi connectivity index (χ1n) is 4.48. The second-order valence-corrected chi connectivity index (χ2v) is 4.31. The summed E-state index contributed by atoms with van der Waals surface area (Å²) in [6.45, 7) is 1.72. The third kappa shape index (κ3) is 3.31. The van der Waals surface area contributed by atoms with Crippen LogP contribution in [0.15, 0.2) is 0 Å². The molecule has 72 valence electrons. The molecular formula is C10H14O2S. The van der Waals surface area contributed by atoms with Crippen LogP contribution in [-0.4, -0.2) is 23.6 Å². The van der Waals surface area contributed by atoms with Crippen LogP contribution < -0.4 is 0 Å². The van der Waals surface area contributed by atoms with Gasteiger partial charge in [-0.15, -0.1) is 6.42 Å². The minimum atomic E-state index is -0.389. The van der Waals surface area contributed by atoms with Gasteiger partial charge in [0.2, 0.25) is 0 Å². The zero-order valence-corrected chi connectivity index (χ0v) is 8.60. The van der Waals surface area contributed by atoms with E-state index in [0.29, 0.717) is 0 Å². The summed E-state index contributed by atoms with van der Waals surface area (Å²) in [6.07, 6.45) is 6.78. The predicted molar refractivity (Wildman–Crippen MR) is 54.4 cm³/mol. The molecule has 0 aromatic rings. The van der Waals surface area contributed by atoms with Gasteiger partial charge in [-0.1, -0.05) is 5.92 Å². The van der Waals surface area contributed by atoms with Crippen LogP contribution in [0.3, 0.4) is 0 Å². The Hall–Kier alpha value is -0.620. The highest BCUT2D eigenvalue weighted by molar-refractivity contribution is 7.99. The Morgan fingerprint density at radius 3 is 3.08 bits per heavy atom. The first-order valence-corrected chi connectivity index (χ1v) is 5.64. The Labute approximate surface area is 83.4 Å². The highest BCUT2D eigenvalue weighted by Gasteiger charge is 2.23. The smallest absolute Gasteiger partial charge is 0.311 e. The molecule has 1 saturated heterocycles. The molecule has 1 rings (SSSR count). The molecule has 0 radical (unpaired) electrons. The van der Waals surface area contributed by atoms with Crippen LogP contribution >= 0.6 is 11.8 Å². The molecule has 1 aliphatic rings. The predicted octanol–water partition coefficient (Wildman–Crippen LogP) is 1.69. The third-order valence-corrected chi connectivity index (χ3v) is 3.24. The lowest BCUT2D eigenvalue weighted by molar-refractivity contribution is -0.150. The van der Waals surface area contributed by atoms with E-state index in [2.05, 4.69) is 5.92 Å². The molecule has 0 aliphatic carbocycles. The second kappa shape index (κ2) is 5.18. The summed E-state index contributed by atoms with van der Waals surface area (Å²) < 4.78 is 5.05.